The molecule has 8 bridgehead atoms. The molecule has 24 nitrogen and oxygen atoms in total. The van der Waals surface area contributed by atoms with E-state index in [-0.39, 0.29) is 70.2 Å². The molecular weight excluding hydrogens is 1330 g/mol. The van der Waals surface area contributed by atoms with Crippen LogP contribution >= 0.6 is 0 Å². The Balaban J connectivity index is 0.860. The van der Waals surface area contributed by atoms with E-state index in [0.29, 0.717) is 29.8 Å². The number of imide groups is 1. The van der Waals surface area contributed by atoms with Gasteiger partial charge >= 0.3 is 0 Å². The molecule has 5 heterocycles. The second-order valence-corrected chi connectivity index (χ2v) is 25.9. The van der Waals surface area contributed by atoms with E-state index in [2.05, 4.69) is 119 Å². The lowest BCUT2D eigenvalue weighted by Crippen LogP contribution is -2.57. The summed E-state index contributed by atoms with van der Waals surface area (Å²) in [6.45, 7) is 2.90. The van der Waals surface area contributed by atoms with Gasteiger partial charge in [-0.3, -0.25) is 48.1 Å². The Hall–Kier alpha value is -12.0. The van der Waals surface area contributed by atoms with E-state index < -0.39 is 84.9 Å². The van der Waals surface area contributed by atoms with Crippen molar-refractivity contribution in [1.82, 2.24) is 67.4 Å². The molecule has 0 saturated heterocycles. The highest BCUT2D eigenvalue weighted by Gasteiger charge is 2.35. The number of likely N-dealkylation sites (N-methyl/N-ethyl adjacent to an activating group) is 2. The first-order chi connectivity index (χ1) is 51.0. The van der Waals surface area contributed by atoms with E-state index in [1.165, 1.54) is 7.05 Å². The van der Waals surface area contributed by atoms with Crippen molar-refractivity contribution in [3.63, 3.8) is 0 Å². The number of H-pyrrole nitrogens is 2. The maximum absolute atomic E-state index is 14.4. The molecule has 9 amide bonds. The number of unbranched alkanes of at least 4 members (excludes halogenated alkanes) is 1. The number of fused-ring (bicyclic) bond motifs is 8. The van der Waals surface area contributed by atoms with Gasteiger partial charge in [0.05, 0.1) is 49.0 Å². The average Bonchev–Trinajstić information content (AvgIpc) is 1.60. The van der Waals surface area contributed by atoms with Crippen LogP contribution in [0.25, 0.3) is 90.9 Å². The number of benzene rings is 5. The second-order valence-electron chi connectivity index (χ2n) is 25.9. The van der Waals surface area contributed by atoms with Gasteiger partial charge in [-0.1, -0.05) is 147 Å². The maximum atomic E-state index is 14.4. The summed E-state index contributed by atoms with van der Waals surface area (Å²) in [4.78, 5) is 142. The predicted molar refractivity (Wildman–Crippen MR) is 410 cm³/mol. The second kappa shape index (κ2) is 37.3. The van der Waals surface area contributed by atoms with Gasteiger partial charge in [0.1, 0.15) is 18.1 Å². The molecule has 2 aliphatic heterocycles. The Kier molecular flexibility index (Phi) is 26.9. The molecule has 3 aromatic heterocycles. The van der Waals surface area contributed by atoms with Gasteiger partial charge in [0.2, 0.25) is 53.2 Å². The minimum Gasteiger partial charge on any atom is -0.354 e. The first-order valence-electron chi connectivity index (χ1n) is 35.3. The summed E-state index contributed by atoms with van der Waals surface area (Å²) in [5.41, 5.74) is 20.4. The number of hydrogen-bond acceptors (Lipinski definition) is 14. The molecule has 0 unspecified atom stereocenters. The van der Waals surface area contributed by atoms with Gasteiger partial charge in [-0.2, -0.15) is 0 Å². The van der Waals surface area contributed by atoms with Crippen molar-refractivity contribution in [3.05, 3.63) is 198 Å². The maximum Gasteiger partial charge on any atom is 0.243 e. The number of aromatic amines is 2. The normalized spacial score (nSPS) is 12.3. The van der Waals surface area contributed by atoms with Crippen LogP contribution < -0.4 is 53.6 Å². The molecule has 0 aliphatic carbocycles. The standard InChI is InChI=1S/C81H89N15O9/c1-51(2)45-66(79(103)87-48-71(99)86-44-43-85-70(98)47-83-3)95-80(104)67(46-52-19-9-5-10-20-52)94-72(100)49-88-81(105)68(27-17-18-42-82)96(74(102)50-84-4)73(101)41-40-69(97)89-57-30-28-56(29-31-57)78-64-38-36-62(92-64)76(54-23-13-7-14-24-54)60-34-32-58(90-60)75(53-21-11-6-12-22-53)59-33-35-61(91-59)77(55-25-15-8-16-26-55)63-37-39-65(78)93-63/h5-16,19-26,28-39,51,66-68,83-84,90,93H,17-18,27,40-50,82H2,1-4H3,(H,85,98)(H,86,99)(H,87,103)(H,88,105)(H,89,97)(H,94,100)(H,95,104)/t66-,67-,68-/m0/s1. The number of anilines is 1. The number of rotatable bonds is 33. The summed E-state index contributed by atoms with van der Waals surface area (Å²) >= 11 is 0. The number of nitrogens with two attached hydrogens (primary N) is 1. The van der Waals surface area contributed by atoms with E-state index in [1.54, 1.807) is 49.5 Å². The molecule has 10 rings (SSSR count). The van der Waals surface area contributed by atoms with Gasteiger partial charge in [0, 0.05) is 82.4 Å². The number of carbonyl (C=O) groups is 9. The van der Waals surface area contributed by atoms with Crippen LogP contribution in [0.4, 0.5) is 5.69 Å². The number of aromatic nitrogens is 4. The fraction of sp³-hybridized carbons (Fsp3) is 0.272. The van der Waals surface area contributed by atoms with Gasteiger partial charge in [0.15, 0.2) is 0 Å². The SMILES string of the molecule is CNCC(=O)NCCNC(=O)CNC(=O)[C@H](CC(C)C)NC(=O)[C@H](Cc1ccccc1)NC(=O)CNC(=O)[C@H](CCCCN)N(C(=O)CCC(=O)Nc1ccc(-c2c3nc(c(-c4ccccc4)c4ccc([nH]4)c(-c4ccccc4)c4nc(c(-c5ccccc5)c5ccc2[nH]5)C=C4)C=C3)cc1)C(=O)CNC. The van der Waals surface area contributed by atoms with Crippen LogP contribution in [-0.4, -0.2) is 156 Å². The highest BCUT2D eigenvalue weighted by Crippen LogP contribution is 2.39. The predicted octanol–water partition coefficient (Wildman–Crippen LogP) is 8.06. The summed E-state index contributed by atoms with van der Waals surface area (Å²) < 4.78 is 0. The van der Waals surface area contributed by atoms with E-state index in [9.17, 15) is 43.2 Å². The molecule has 0 saturated carbocycles. The van der Waals surface area contributed by atoms with Gasteiger partial charge < -0.3 is 63.6 Å². The van der Waals surface area contributed by atoms with Crippen LogP contribution in [0.15, 0.2) is 170 Å². The number of amides is 9. The smallest absolute Gasteiger partial charge is 0.243 e. The zero-order chi connectivity index (χ0) is 74.2. The molecule has 13 N–H and O–H groups in total. The first kappa shape index (κ1) is 75.7. The van der Waals surface area contributed by atoms with Crippen molar-refractivity contribution in [3.8, 4) is 44.5 Å². The van der Waals surface area contributed by atoms with Crippen molar-refractivity contribution in [2.75, 3.05) is 65.2 Å². The van der Waals surface area contributed by atoms with E-state index in [0.717, 1.165) is 88.6 Å². The fourth-order valence-corrected chi connectivity index (χ4v) is 12.6. The lowest BCUT2D eigenvalue weighted by molar-refractivity contribution is -0.152. The van der Waals surface area contributed by atoms with Gasteiger partial charge in [-0.15, -0.1) is 0 Å². The summed E-state index contributed by atoms with van der Waals surface area (Å²) in [5.74, 6) is -5.99. The molecule has 0 radical (unpaired) electrons. The van der Waals surface area contributed by atoms with Gasteiger partial charge in [-0.25, -0.2) is 9.97 Å². The largest absolute Gasteiger partial charge is 0.354 e. The molecule has 105 heavy (non-hydrogen) atoms. The van der Waals surface area contributed by atoms with Crippen LogP contribution in [0.5, 0.6) is 0 Å². The third kappa shape index (κ3) is 20.4. The summed E-state index contributed by atoms with van der Waals surface area (Å²) in [5, 5.41) is 24.2. The highest BCUT2D eigenvalue weighted by molar-refractivity contribution is 6.05. The van der Waals surface area contributed by atoms with E-state index >= 15 is 0 Å². The monoisotopic (exact) mass is 1420 g/mol. The summed E-state index contributed by atoms with van der Waals surface area (Å²) in [6, 6.07) is 51.0. The third-order valence-electron chi connectivity index (χ3n) is 17.6. The van der Waals surface area contributed by atoms with Crippen LogP contribution in [-0.2, 0) is 49.6 Å². The van der Waals surface area contributed by atoms with Crippen molar-refractivity contribution in [2.24, 2.45) is 11.7 Å². The van der Waals surface area contributed by atoms with Crippen molar-refractivity contribution < 1.29 is 43.2 Å². The molecule has 542 valence electrons. The Morgan fingerprint density at radius 2 is 0.886 bits per heavy atom. The molecule has 0 fully saturated rings. The quantitative estimate of drug-likeness (QED) is 0.0173. The minimum atomic E-state index is -1.43. The summed E-state index contributed by atoms with van der Waals surface area (Å²) in [6.07, 6.45) is 8.15. The van der Waals surface area contributed by atoms with Gasteiger partial charge in [0.25, 0.3) is 0 Å². The molecular formula is C81H89N15O9. The van der Waals surface area contributed by atoms with Crippen LogP contribution in [0.2, 0.25) is 0 Å². The summed E-state index contributed by atoms with van der Waals surface area (Å²) in [7, 11) is 3.14. The Bertz CT molecular complexity index is 4620. The average molecular weight is 1420 g/mol. The topological polar surface area (TPSA) is 349 Å². The van der Waals surface area contributed by atoms with Crippen molar-refractivity contribution >= 4 is 105 Å². The Morgan fingerprint density at radius 1 is 0.438 bits per heavy atom. The zero-order valence-electron chi connectivity index (χ0n) is 59.3. The Morgan fingerprint density at radius 3 is 1.35 bits per heavy atom. The van der Waals surface area contributed by atoms with Gasteiger partial charge in [-0.05, 0) is 141 Å². The molecule has 5 aromatic carbocycles. The fourth-order valence-electron chi connectivity index (χ4n) is 12.6. The number of nitrogens with zero attached hydrogens (tertiary/aromatic N) is 3. The number of nitrogens with one attached hydrogen (secondary N) is 11. The molecule has 8 aromatic rings. The molecule has 0 spiro atoms. The van der Waals surface area contributed by atoms with Crippen LogP contribution in [0.3, 0.4) is 0 Å². The zero-order valence-corrected chi connectivity index (χ0v) is 59.3. The third-order valence-corrected chi connectivity index (χ3v) is 17.6. The Labute approximate surface area is 609 Å². The molecule has 2 aliphatic rings. The lowest BCUT2D eigenvalue weighted by atomic mass is 10.0. The van der Waals surface area contributed by atoms with E-state index in [1.807, 2.05) is 105 Å². The van der Waals surface area contributed by atoms with Crippen molar-refractivity contribution in [1.29, 1.82) is 0 Å². The molecule has 3 atom stereocenters. The van der Waals surface area contributed by atoms with E-state index in [4.69, 9.17) is 15.7 Å². The van der Waals surface area contributed by atoms with Crippen molar-refractivity contribution in [2.45, 2.75) is 76.9 Å². The minimum absolute atomic E-state index is 0.0212. The van der Waals surface area contributed by atoms with Crippen LogP contribution in [0.1, 0.15) is 80.7 Å². The van der Waals surface area contributed by atoms with Crippen LogP contribution in [0, 0.1) is 5.92 Å². The highest BCUT2D eigenvalue weighted by atomic mass is 16.2. The lowest BCUT2D eigenvalue weighted by Gasteiger charge is -2.29. The first-order valence-corrected chi connectivity index (χ1v) is 35.3. The number of carbonyl (C=O) groups excluding carboxylic acids is 9. The molecule has 24 heteroatoms. The number of hydrogen-bond donors (Lipinski definition) is 12.